The van der Waals surface area contributed by atoms with E-state index in [1.807, 2.05) is 6.08 Å². The number of hydrogen-bond acceptors (Lipinski definition) is 2. The van der Waals surface area contributed by atoms with Crippen LogP contribution in [0.15, 0.2) is 36.0 Å². The lowest BCUT2D eigenvalue weighted by molar-refractivity contribution is -0.131. The van der Waals surface area contributed by atoms with E-state index in [2.05, 4.69) is 46.8 Å². The lowest BCUT2D eigenvalue weighted by Gasteiger charge is -2.52. The van der Waals surface area contributed by atoms with Crippen molar-refractivity contribution in [1.29, 1.82) is 0 Å². The van der Waals surface area contributed by atoms with Crippen molar-refractivity contribution in [3.63, 3.8) is 0 Å². The summed E-state index contributed by atoms with van der Waals surface area (Å²) in [5, 5.41) is 19.7. The van der Waals surface area contributed by atoms with E-state index in [1.54, 1.807) is 6.08 Å². The Morgan fingerprint density at radius 1 is 1.19 bits per heavy atom. The number of carboxylic acids is 1. The van der Waals surface area contributed by atoms with Gasteiger partial charge in [0.05, 0.1) is 6.10 Å². The molecule has 3 fully saturated rings. The molecule has 3 saturated carbocycles. The van der Waals surface area contributed by atoms with Crippen LogP contribution in [0.3, 0.4) is 0 Å². The second-order valence-electron chi connectivity index (χ2n) is 9.89. The first-order valence-corrected chi connectivity index (χ1v) is 10.6. The third kappa shape index (κ3) is 3.81. The molecule has 0 radical (unpaired) electrons. The summed E-state index contributed by atoms with van der Waals surface area (Å²) in [6.45, 7) is 11.5. The van der Waals surface area contributed by atoms with Gasteiger partial charge >= 0.3 is 5.97 Å². The van der Waals surface area contributed by atoms with Gasteiger partial charge < -0.3 is 10.2 Å². The fourth-order valence-corrected chi connectivity index (χ4v) is 6.66. The number of aliphatic carboxylic acids is 1. The molecule has 0 aromatic carbocycles. The molecule has 150 valence electrons. The maximum Gasteiger partial charge on any atom is 0.328 e. The van der Waals surface area contributed by atoms with Crippen LogP contribution < -0.4 is 0 Å². The van der Waals surface area contributed by atoms with Crippen molar-refractivity contribution >= 4 is 5.97 Å². The summed E-state index contributed by atoms with van der Waals surface area (Å²) < 4.78 is 0. The van der Waals surface area contributed by atoms with Gasteiger partial charge in [-0.2, -0.15) is 0 Å². The van der Waals surface area contributed by atoms with E-state index in [0.29, 0.717) is 41.4 Å². The van der Waals surface area contributed by atoms with E-state index in [9.17, 15) is 9.90 Å². The molecule has 3 nitrogen and oxygen atoms in total. The molecule has 0 aliphatic heterocycles. The van der Waals surface area contributed by atoms with Gasteiger partial charge in [-0.05, 0) is 73.0 Å². The number of allylic oxidation sites excluding steroid dienone is 5. The van der Waals surface area contributed by atoms with Gasteiger partial charge in [-0.25, -0.2) is 4.79 Å². The predicted molar refractivity (Wildman–Crippen MR) is 109 cm³/mol. The van der Waals surface area contributed by atoms with Crippen molar-refractivity contribution in [1.82, 2.24) is 0 Å². The average Bonchev–Trinajstić information content (AvgIpc) is 3.24. The van der Waals surface area contributed by atoms with Gasteiger partial charge in [0.1, 0.15) is 0 Å². The highest BCUT2D eigenvalue weighted by Crippen LogP contribution is 2.73. The lowest BCUT2D eigenvalue weighted by Crippen LogP contribution is -2.49. The predicted octanol–water partition coefficient (Wildman–Crippen LogP) is 5.08. The summed E-state index contributed by atoms with van der Waals surface area (Å²) in [5.41, 5.74) is 1.73. The molecule has 3 rings (SSSR count). The Morgan fingerprint density at radius 3 is 2.52 bits per heavy atom. The maximum absolute atomic E-state index is 10.8. The second kappa shape index (κ2) is 7.58. The molecule has 3 aliphatic carbocycles. The monoisotopic (exact) mass is 372 g/mol. The zero-order chi connectivity index (χ0) is 19.9. The van der Waals surface area contributed by atoms with Gasteiger partial charge in [0.15, 0.2) is 0 Å². The summed E-state index contributed by atoms with van der Waals surface area (Å²) in [6.07, 6.45) is 12.4. The second-order valence-corrected chi connectivity index (χ2v) is 9.89. The SMILES string of the molecule is C/C(=C\C(C)C)[C@H]1[C@@H](/C=C/C=C/C(=O)O)[C@H]2[C@@H]([C@H]3C[C@]31C)[C@@H](O)CC[C@@H]2C. The summed E-state index contributed by atoms with van der Waals surface area (Å²) in [6, 6.07) is 0. The molecule has 27 heavy (non-hydrogen) atoms. The highest BCUT2D eigenvalue weighted by atomic mass is 16.4. The Labute approximate surface area is 164 Å². The molecular weight excluding hydrogens is 336 g/mol. The van der Waals surface area contributed by atoms with E-state index < -0.39 is 5.97 Å². The first kappa shape index (κ1) is 20.4. The minimum absolute atomic E-state index is 0.182. The molecule has 0 heterocycles. The molecule has 8 atom stereocenters. The Balaban J connectivity index is 2.00. The largest absolute Gasteiger partial charge is 0.478 e. The number of rotatable bonds is 5. The minimum atomic E-state index is -0.913. The van der Waals surface area contributed by atoms with Crippen LogP contribution in [0.4, 0.5) is 0 Å². The molecule has 3 aliphatic rings. The minimum Gasteiger partial charge on any atom is -0.478 e. The van der Waals surface area contributed by atoms with Crippen molar-refractivity contribution < 1.29 is 15.0 Å². The van der Waals surface area contributed by atoms with Crippen molar-refractivity contribution in [3.8, 4) is 0 Å². The first-order chi connectivity index (χ1) is 12.7. The molecule has 0 amide bonds. The van der Waals surface area contributed by atoms with E-state index in [1.165, 1.54) is 18.1 Å². The Bertz CT molecular complexity index is 659. The van der Waals surface area contributed by atoms with E-state index in [-0.39, 0.29) is 11.5 Å². The molecule has 0 aromatic rings. The molecule has 0 spiro atoms. The van der Waals surface area contributed by atoms with E-state index in [0.717, 1.165) is 12.8 Å². The van der Waals surface area contributed by atoms with Crippen LogP contribution in [0.25, 0.3) is 0 Å². The smallest absolute Gasteiger partial charge is 0.328 e. The van der Waals surface area contributed by atoms with Crippen LogP contribution in [0.5, 0.6) is 0 Å². The quantitative estimate of drug-likeness (QED) is 0.402. The Hall–Kier alpha value is -1.35. The fraction of sp³-hybridized carbons (Fsp3) is 0.708. The number of fused-ring (bicyclic) bond motifs is 3. The first-order valence-electron chi connectivity index (χ1n) is 10.6. The lowest BCUT2D eigenvalue weighted by atomic mass is 9.53. The number of carbonyl (C=O) groups is 1. The number of hydrogen-bond donors (Lipinski definition) is 2. The van der Waals surface area contributed by atoms with Gasteiger partial charge in [0.25, 0.3) is 0 Å². The van der Waals surface area contributed by atoms with Crippen LogP contribution in [-0.2, 0) is 4.79 Å². The van der Waals surface area contributed by atoms with Crippen LogP contribution in [0.1, 0.15) is 53.9 Å². The average molecular weight is 373 g/mol. The fourth-order valence-electron chi connectivity index (χ4n) is 6.66. The molecule has 3 heteroatoms. The highest BCUT2D eigenvalue weighted by molar-refractivity contribution is 5.80. The van der Waals surface area contributed by atoms with Crippen LogP contribution in [0.2, 0.25) is 0 Å². The third-order valence-electron chi connectivity index (χ3n) is 7.58. The standard InChI is InChI=1S/C24H36O3/c1-14(2)12-16(4)23-17(8-6-7-9-20(26)27)21-15(3)10-11-19(25)22(21)18-13-24(18,23)5/h6-9,12,14-15,17-19,21-23,25H,10-11,13H2,1-5H3,(H,26,27)/b8-6+,9-7+,16-12+/t15-,17-,18+,19-,21-,22-,23-,24+/m0/s1. The zero-order valence-corrected chi connectivity index (χ0v) is 17.4. The highest BCUT2D eigenvalue weighted by Gasteiger charge is 2.68. The van der Waals surface area contributed by atoms with Crippen LogP contribution in [-0.4, -0.2) is 22.3 Å². The van der Waals surface area contributed by atoms with Crippen molar-refractivity contribution in [2.75, 3.05) is 0 Å². The van der Waals surface area contributed by atoms with Gasteiger partial charge in [0, 0.05) is 6.08 Å². The van der Waals surface area contributed by atoms with E-state index >= 15 is 0 Å². The molecule has 0 aromatic heterocycles. The molecule has 0 unspecified atom stereocenters. The number of carboxylic acid groups (broad SMARTS) is 1. The van der Waals surface area contributed by atoms with Gasteiger partial charge in [0.2, 0.25) is 0 Å². The summed E-state index contributed by atoms with van der Waals surface area (Å²) in [7, 11) is 0. The van der Waals surface area contributed by atoms with Crippen molar-refractivity contribution in [2.24, 2.45) is 46.8 Å². The van der Waals surface area contributed by atoms with Crippen LogP contribution in [0, 0.1) is 46.8 Å². The van der Waals surface area contributed by atoms with Crippen LogP contribution >= 0.6 is 0 Å². The van der Waals surface area contributed by atoms with Gasteiger partial charge in [-0.1, -0.05) is 57.6 Å². The van der Waals surface area contributed by atoms with Crippen molar-refractivity contribution in [3.05, 3.63) is 36.0 Å². The number of aliphatic hydroxyl groups excluding tert-OH is 1. The molecule has 2 N–H and O–H groups in total. The van der Waals surface area contributed by atoms with Gasteiger partial charge in [-0.3, -0.25) is 0 Å². The third-order valence-corrected chi connectivity index (χ3v) is 7.58. The summed E-state index contributed by atoms with van der Waals surface area (Å²) >= 11 is 0. The summed E-state index contributed by atoms with van der Waals surface area (Å²) in [5.74, 6) is 2.53. The summed E-state index contributed by atoms with van der Waals surface area (Å²) in [4.78, 5) is 10.8. The Morgan fingerprint density at radius 2 is 1.89 bits per heavy atom. The van der Waals surface area contributed by atoms with E-state index in [4.69, 9.17) is 5.11 Å². The zero-order valence-electron chi connectivity index (χ0n) is 17.4. The molecule has 0 bridgehead atoms. The number of aliphatic hydroxyl groups is 1. The Kier molecular flexibility index (Phi) is 5.72. The maximum atomic E-state index is 10.8. The molecule has 0 saturated heterocycles. The normalized spacial score (nSPS) is 44.6. The topological polar surface area (TPSA) is 57.5 Å². The molecular formula is C24H36O3. The van der Waals surface area contributed by atoms with Gasteiger partial charge in [-0.15, -0.1) is 0 Å². The van der Waals surface area contributed by atoms with Crippen molar-refractivity contribution in [2.45, 2.75) is 60.0 Å².